The van der Waals surface area contributed by atoms with Gasteiger partial charge in [0.2, 0.25) is 5.71 Å². The molecule has 5 nitrogen and oxygen atoms in total. The van der Waals surface area contributed by atoms with E-state index in [0.29, 0.717) is 17.2 Å². The molecule has 7 aromatic carbocycles. The van der Waals surface area contributed by atoms with E-state index in [1.54, 1.807) is 4.40 Å². The first-order valence-electron chi connectivity index (χ1n) is 25.2. The molecule has 367 valence electrons. The van der Waals surface area contributed by atoms with Gasteiger partial charge in [0.05, 0.1) is 33.8 Å². The third kappa shape index (κ3) is 10.4. The van der Waals surface area contributed by atoms with E-state index in [2.05, 4.69) is 228 Å². The third-order valence-corrected chi connectivity index (χ3v) is 17.9. The number of para-hydroxylation sites is 2. The Kier molecular flexibility index (Phi) is 14.8. The number of rotatable bonds is 9. The number of pyridine rings is 2. The van der Waals surface area contributed by atoms with Crippen molar-refractivity contribution in [2.45, 2.75) is 77.6 Å². The summed E-state index contributed by atoms with van der Waals surface area (Å²) in [6.45, 7) is 15.7. The number of aryl methyl sites for hydroxylation is 2. The molecule has 11 aromatic rings. The maximum Gasteiger partial charge on any atom is 0.216 e. The number of benzene rings is 7. The Morgan fingerprint density at radius 3 is 1.90 bits per heavy atom. The quantitative estimate of drug-likeness (QED) is 0.107. The van der Waals surface area contributed by atoms with Gasteiger partial charge in [-0.3, -0.25) is 4.98 Å². The molecule has 0 unspecified atom stereocenters. The smallest absolute Gasteiger partial charge is 0.216 e. The summed E-state index contributed by atoms with van der Waals surface area (Å²) in [6, 6.07) is 66.3. The van der Waals surface area contributed by atoms with Crippen LogP contribution >= 0.6 is 0 Å². The zero-order chi connectivity index (χ0) is 50.3. The summed E-state index contributed by atoms with van der Waals surface area (Å²) in [7, 11) is 0. The Morgan fingerprint density at radius 1 is 0.644 bits per heavy atom. The van der Waals surface area contributed by atoms with Crippen molar-refractivity contribution in [1.29, 1.82) is 0 Å². The van der Waals surface area contributed by atoms with Crippen molar-refractivity contribution in [1.82, 2.24) is 19.5 Å². The Hall–Kier alpha value is -6.70. The number of hydrogen-bond acceptors (Lipinski definition) is 4. The van der Waals surface area contributed by atoms with Gasteiger partial charge >= 0.3 is 126 Å². The molecule has 0 spiro atoms. The molecule has 11 rings (SSSR count). The molecule has 0 amide bonds. The van der Waals surface area contributed by atoms with Crippen molar-refractivity contribution in [2.75, 3.05) is 0 Å². The summed E-state index contributed by atoms with van der Waals surface area (Å²) in [4.78, 5) is 15.2. The van der Waals surface area contributed by atoms with Gasteiger partial charge in [-0.1, -0.05) is 123 Å². The second-order valence-corrected chi connectivity index (χ2v) is 32.1. The van der Waals surface area contributed by atoms with Gasteiger partial charge in [-0.15, -0.1) is 18.2 Å². The average molecular weight is 1190 g/mol. The number of imidazole rings is 1. The van der Waals surface area contributed by atoms with Gasteiger partial charge in [-0.2, -0.15) is 0 Å². The maximum atomic E-state index is 6.76. The van der Waals surface area contributed by atoms with E-state index in [9.17, 15) is 0 Å². The Morgan fingerprint density at radius 2 is 1.29 bits per heavy atom. The van der Waals surface area contributed by atoms with Crippen molar-refractivity contribution in [3.05, 3.63) is 210 Å². The summed E-state index contributed by atoms with van der Waals surface area (Å²) in [5.74, 6) is 8.76. The third-order valence-electron chi connectivity index (χ3n) is 13.6. The van der Waals surface area contributed by atoms with Gasteiger partial charge in [0.1, 0.15) is 0 Å². The van der Waals surface area contributed by atoms with Crippen molar-refractivity contribution < 1.29 is 24.5 Å². The zero-order valence-electron chi connectivity index (χ0n) is 43.6. The van der Waals surface area contributed by atoms with Crippen LogP contribution in [0.15, 0.2) is 180 Å². The molecule has 0 bridgehead atoms. The number of furan rings is 1. The minimum atomic E-state index is -1.86. The normalized spacial score (nSPS) is 11.8. The molecule has 4 aromatic heterocycles. The summed E-state index contributed by atoms with van der Waals surface area (Å²) in [5.41, 5.74) is 18.8. The molecule has 0 aliphatic rings. The molecular formula is C66H62GeIrN4O-2. The number of hydrogen-bond donors (Lipinski definition) is 0. The first-order chi connectivity index (χ1) is 34.6. The first kappa shape index (κ1) is 51.2. The van der Waals surface area contributed by atoms with Crippen LogP contribution < -0.4 is 4.40 Å². The number of fused-ring (bicyclic) bond motifs is 4. The fourth-order valence-corrected chi connectivity index (χ4v) is 13.4. The Balaban J connectivity index is 0.000000264. The van der Waals surface area contributed by atoms with Crippen molar-refractivity contribution in [2.24, 2.45) is 5.92 Å². The van der Waals surface area contributed by atoms with Gasteiger partial charge in [0, 0.05) is 42.2 Å². The Bertz CT molecular complexity index is 3650. The second kappa shape index (κ2) is 21.0. The molecule has 0 fully saturated rings. The molecule has 1 radical (unpaired) electrons. The van der Waals surface area contributed by atoms with E-state index in [0.717, 1.165) is 90.1 Å². The zero-order valence-corrected chi connectivity index (χ0v) is 48.1. The van der Waals surface area contributed by atoms with Crippen LogP contribution in [-0.2, 0) is 31.9 Å². The number of nitrogens with zero attached hydrogens (tertiary/aromatic N) is 4. The van der Waals surface area contributed by atoms with Crippen molar-refractivity contribution in [3.63, 3.8) is 0 Å². The molecule has 0 saturated heterocycles. The van der Waals surface area contributed by atoms with E-state index in [1.165, 1.54) is 22.3 Å². The predicted octanol–water partition coefficient (Wildman–Crippen LogP) is 17.0. The van der Waals surface area contributed by atoms with Gasteiger partial charge in [-0.25, -0.2) is 4.98 Å². The first-order valence-corrected chi connectivity index (χ1v) is 32.5. The van der Waals surface area contributed by atoms with Crippen molar-refractivity contribution >= 4 is 50.8 Å². The average Bonchev–Trinajstić information content (AvgIpc) is 3.94. The van der Waals surface area contributed by atoms with Gasteiger partial charge in [0.25, 0.3) is 0 Å². The molecule has 4 heterocycles. The monoisotopic (exact) mass is 1190 g/mol. The molecule has 0 atom stereocenters. The van der Waals surface area contributed by atoms with E-state index in [1.807, 2.05) is 30.3 Å². The van der Waals surface area contributed by atoms with E-state index < -0.39 is 13.3 Å². The van der Waals surface area contributed by atoms with Crippen LogP contribution in [0.2, 0.25) is 17.3 Å². The minimum absolute atomic E-state index is 0. The molecule has 73 heavy (non-hydrogen) atoms. The molecule has 0 aliphatic heterocycles. The molecule has 7 heteroatoms. The molecule has 0 aliphatic carbocycles. The summed E-state index contributed by atoms with van der Waals surface area (Å²) in [5, 5.41) is 1.95. The molecular weight excluding hydrogens is 1130 g/mol. The molecule has 0 N–H and O–H groups in total. The van der Waals surface area contributed by atoms with Crippen molar-refractivity contribution in [3.8, 4) is 61.8 Å². The van der Waals surface area contributed by atoms with Gasteiger partial charge in [0.15, 0.2) is 0 Å². The predicted molar refractivity (Wildman–Crippen MR) is 305 cm³/mol. The minimum Gasteiger partial charge on any atom is -0.486 e. The van der Waals surface area contributed by atoms with Gasteiger partial charge < -0.3 is 8.98 Å². The van der Waals surface area contributed by atoms with E-state index in [-0.39, 0.29) is 25.5 Å². The standard InChI is InChI=1S/C48H38N3O.C18H24GeN.Ir/c1-30-16-14-17-31(2)43(30)41-27-26-36-35-22-15-23-37(45(35)52-47(36)50-41)46-49-40-24-12-13-25-42(40)51(46)44-38(32-18-8-6-9-19-32)28-34(48(3,4)5)29-39(44)33-20-10-7-11-21-33;1-14(2)11-16-12-18(15-9-7-6-8-10-15)20-13-17(16)19(3,4)5;/h6-22,24-29H,1-5H3;6-9,12-14H,11H2,1-5H3;/q2*-1;. The largest absolute Gasteiger partial charge is 0.486 e. The number of aromatic nitrogens is 4. The molecule has 0 saturated carbocycles. The topological polar surface area (TPSA) is 56.7 Å². The Labute approximate surface area is 447 Å². The fraction of sp³-hybridized carbons (Fsp3) is 0.197. The van der Waals surface area contributed by atoms with Gasteiger partial charge in [-0.05, 0) is 83.5 Å². The summed E-state index contributed by atoms with van der Waals surface area (Å²) in [6.07, 6.45) is 3.27. The van der Waals surface area contributed by atoms with Crippen LogP contribution in [0.25, 0.3) is 94.9 Å². The SMILES string of the molecule is CC(C)Cc1cc(-c2[c-]cccc2)nc[c]1[Ge]([CH3])([CH3])[CH3].Cc1cccc(C)c1-c1ccc2c(n1)oc1c(-c3nc4ccccc4n3-c3c(-c4ccccc4)cc(C(C)(C)C)cc3-c3ccccc3)[c-]ccc12.[Ir]. The van der Waals surface area contributed by atoms with Crippen LogP contribution in [-0.4, -0.2) is 32.8 Å². The summed E-state index contributed by atoms with van der Waals surface area (Å²) >= 11 is -1.86. The maximum absolute atomic E-state index is 6.76. The van der Waals surface area contributed by atoms with Crippen LogP contribution in [0.4, 0.5) is 0 Å². The van der Waals surface area contributed by atoms with E-state index in [4.69, 9.17) is 19.4 Å². The van der Waals surface area contributed by atoms with Crippen LogP contribution in [0.5, 0.6) is 0 Å². The van der Waals surface area contributed by atoms with Crippen LogP contribution in [0.3, 0.4) is 0 Å². The fourth-order valence-electron chi connectivity index (χ4n) is 10.0. The van der Waals surface area contributed by atoms with Crippen LogP contribution in [0.1, 0.15) is 56.9 Å². The van der Waals surface area contributed by atoms with E-state index >= 15 is 0 Å². The van der Waals surface area contributed by atoms with Crippen LogP contribution in [0, 0.1) is 31.9 Å². The second-order valence-electron chi connectivity index (χ2n) is 21.5. The summed E-state index contributed by atoms with van der Waals surface area (Å²) < 4.78 is 10.6.